The van der Waals surface area contributed by atoms with Gasteiger partial charge in [-0.1, -0.05) is 0 Å². The van der Waals surface area contributed by atoms with E-state index in [2.05, 4.69) is 0 Å². The highest BCUT2D eigenvalue weighted by atomic mass is 16.8. The van der Waals surface area contributed by atoms with Crippen molar-refractivity contribution in [1.29, 1.82) is 0 Å². The van der Waals surface area contributed by atoms with Gasteiger partial charge in [0.25, 0.3) is 0 Å². The molecule has 0 saturated carbocycles. The molecular formula is C20H28O13. The first-order chi connectivity index (χ1) is 15.4. The van der Waals surface area contributed by atoms with Crippen LogP contribution in [0.25, 0.3) is 0 Å². The van der Waals surface area contributed by atoms with Gasteiger partial charge in [0.05, 0.1) is 6.61 Å². The molecule has 0 spiro atoms. The van der Waals surface area contributed by atoms with Crippen molar-refractivity contribution in [3.63, 3.8) is 0 Å². The van der Waals surface area contributed by atoms with Crippen LogP contribution < -0.4 is 0 Å². The number of carbonyl (C=O) groups is 5. The summed E-state index contributed by atoms with van der Waals surface area (Å²) in [6.07, 6.45) is -7.88. The van der Waals surface area contributed by atoms with Crippen LogP contribution in [0.1, 0.15) is 41.5 Å². The average Bonchev–Trinajstić information content (AvgIpc) is 3.35. The molecule has 0 N–H and O–H groups in total. The summed E-state index contributed by atoms with van der Waals surface area (Å²) in [5.41, 5.74) is -1.44. The van der Waals surface area contributed by atoms with Gasteiger partial charge in [-0.15, -0.1) is 0 Å². The van der Waals surface area contributed by atoms with Crippen LogP contribution in [-0.4, -0.2) is 85.7 Å². The van der Waals surface area contributed by atoms with Gasteiger partial charge < -0.3 is 37.9 Å². The lowest BCUT2D eigenvalue weighted by Gasteiger charge is -2.43. The molecule has 0 amide bonds. The van der Waals surface area contributed by atoms with Gasteiger partial charge in [-0.2, -0.15) is 0 Å². The standard InChI is InChI=1S/C20H28O13/c1-7-26-18(25)20(6)19(33-20)32-17-16(30-12(5)24)15(29-11(4)23)14(28-10(3)22)13(31-17)8-27-9(2)21/h13-17,19H,7-8H2,1-6H3/t13-,14-,15+,16-,17+,19-,20+/m1/s1. The summed E-state index contributed by atoms with van der Waals surface area (Å²) < 4.78 is 42.6. The Balaban J connectivity index is 2.35. The first-order valence-electron chi connectivity index (χ1n) is 10.2. The minimum absolute atomic E-state index is 0.115. The third kappa shape index (κ3) is 6.85. The molecule has 0 bridgehead atoms. The molecule has 2 rings (SSSR count). The van der Waals surface area contributed by atoms with Gasteiger partial charge in [0, 0.05) is 27.7 Å². The highest BCUT2D eigenvalue weighted by Crippen LogP contribution is 2.41. The van der Waals surface area contributed by atoms with E-state index < -0.39 is 79.1 Å². The molecule has 0 radical (unpaired) electrons. The third-order valence-corrected chi connectivity index (χ3v) is 4.63. The average molecular weight is 476 g/mol. The monoisotopic (exact) mass is 476 g/mol. The molecule has 7 atom stereocenters. The number of esters is 5. The smallest absolute Gasteiger partial charge is 0.343 e. The molecule has 2 aliphatic rings. The Kier molecular flexibility index (Phi) is 8.75. The Morgan fingerprint density at radius 1 is 0.788 bits per heavy atom. The molecule has 2 aliphatic heterocycles. The van der Waals surface area contributed by atoms with Gasteiger partial charge >= 0.3 is 29.8 Å². The molecule has 0 aromatic rings. The normalized spacial score (nSPS) is 32.8. The Morgan fingerprint density at radius 3 is 1.85 bits per heavy atom. The second-order valence-electron chi connectivity index (χ2n) is 7.48. The van der Waals surface area contributed by atoms with Crippen LogP contribution in [0.15, 0.2) is 0 Å². The van der Waals surface area contributed by atoms with E-state index in [9.17, 15) is 24.0 Å². The molecule has 186 valence electrons. The van der Waals surface area contributed by atoms with Crippen molar-refractivity contribution < 1.29 is 61.9 Å². The van der Waals surface area contributed by atoms with E-state index >= 15 is 0 Å². The molecule has 0 aromatic carbocycles. The van der Waals surface area contributed by atoms with Crippen LogP contribution in [0.4, 0.5) is 0 Å². The van der Waals surface area contributed by atoms with Crippen molar-refractivity contribution in [1.82, 2.24) is 0 Å². The minimum atomic E-state index is -1.45. The molecule has 2 heterocycles. The summed E-state index contributed by atoms with van der Waals surface area (Å²) in [7, 11) is 0. The van der Waals surface area contributed by atoms with E-state index in [-0.39, 0.29) is 6.61 Å². The van der Waals surface area contributed by atoms with Crippen LogP contribution >= 0.6 is 0 Å². The number of epoxide rings is 1. The number of ether oxygens (including phenoxy) is 8. The fraction of sp³-hybridized carbons (Fsp3) is 0.750. The number of hydrogen-bond acceptors (Lipinski definition) is 13. The maximum absolute atomic E-state index is 12.1. The van der Waals surface area contributed by atoms with Gasteiger partial charge in [-0.25, -0.2) is 4.79 Å². The lowest BCUT2D eigenvalue weighted by molar-refractivity contribution is -0.316. The fourth-order valence-electron chi connectivity index (χ4n) is 3.18. The first-order valence-corrected chi connectivity index (χ1v) is 10.2. The van der Waals surface area contributed by atoms with E-state index in [4.69, 9.17) is 37.9 Å². The highest BCUT2D eigenvalue weighted by molar-refractivity contribution is 5.82. The largest absolute Gasteiger partial charge is 0.464 e. The minimum Gasteiger partial charge on any atom is -0.464 e. The van der Waals surface area contributed by atoms with Gasteiger partial charge in [0.1, 0.15) is 12.7 Å². The second kappa shape index (κ2) is 10.9. The second-order valence-corrected chi connectivity index (χ2v) is 7.48. The zero-order valence-electron chi connectivity index (χ0n) is 19.2. The molecule has 2 fully saturated rings. The van der Waals surface area contributed by atoms with Crippen LogP contribution in [-0.2, 0) is 61.9 Å². The molecule has 13 heteroatoms. The predicted octanol–water partition coefficient (Wildman–Crippen LogP) is -0.236. The third-order valence-electron chi connectivity index (χ3n) is 4.63. The van der Waals surface area contributed by atoms with Crippen LogP contribution in [0, 0.1) is 0 Å². The van der Waals surface area contributed by atoms with Crippen LogP contribution in [0.2, 0.25) is 0 Å². The van der Waals surface area contributed by atoms with E-state index in [0.29, 0.717) is 0 Å². The highest BCUT2D eigenvalue weighted by Gasteiger charge is 2.64. The first kappa shape index (κ1) is 26.5. The van der Waals surface area contributed by atoms with Crippen molar-refractivity contribution in [3.8, 4) is 0 Å². The van der Waals surface area contributed by atoms with E-state index in [1.807, 2.05) is 0 Å². The number of rotatable bonds is 9. The zero-order chi connectivity index (χ0) is 24.9. The lowest BCUT2D eigenvalue weighted by atomic mass is 9.98. The van der Waals surface area contributed by atoms with Crippen LogP contribution in [0.5, 0.6) is 0 Å². The zero-order valence-corrected chi connectivity index (χ0v) is 19.2. The SMILES string of the molecule is CCOC(=O)[C@]1(C)O[C@H]1O[C@@H]1O[C@H](COC(C)=O)[C@@H](OC(C)=O)[C@H](OC(C)=O)[C@H]1OC(C)=O. The van der Waals surface area contributed by atoms with Crippen molar-refractivity contribution in [2.24, 2.45) is 0 Å². The summed E-state index contributed by atoms with van der Waals surface area (Å²) >= 11 is 0. The Labute approximate surface area is 189 Å². The van der Waals surface area contributed by atoms with E-state index in [0.717, 1.165) is 27.7 Å². The molecular weight excluding hydrogens is 448 g/mol. The Hall–Kier alpha value is -2.77. The Bertz CT molecular complexity index is 780. The maximum Gasteiger partial charge on any atom is 0.343 e. The van der Waals surface area contributed by atoms with Gasteiger partial charge in [0.15, 0.2) is 18.3 Å². The van der Waals surface area contributed by atoms with Gasteiger partial charge in [-0.3, -0.25) is 19.2 Å². The summed E-state index contributed by atoms with van der Waals surface area (Å²) in [5, 5.41) is 0. The Morgan fingerprint density at radius 2 is 1.33 bits per heavy atom. The maximum atomic E-state index is 12.1. The quantitative estimate of drug-likeness (QED) is 0.244. The van der Waals surface area contributed by atoms with Crippen molar-refractivity contribution in [3.05, 3.63) is 0 Å². The van der Waals surface area contributed by atoms with E-state index in [1.54, 1.807) is 6.92 Å². The predicted molar refractivity (Wildman–Crippen MR) is 103 cm³/mol. The molecule has 33 heavy (non-hydrogen) atoms. The fourth-order valence-corrected chi connectivity index (χ4v) is 3.18. The lowest BCUT2D eigenvalue weighted by Crippen LogP contribution is -2.63. The topological polar surface area (TPSA) is 162 Å². The van der Waals surface area contributed by atoms with Crippen LogP contribution in [0.3, 0.4) is 0 Å². The van der Waals surface area contributed by atoms with Crippen molar-refractivity contribution >= 4 is 29.8 Å². The number of hydrogen-bond donors (Lipinski definition) is 0. The summed E-state index contributed by atoms with van der Waals surface area (Å²) in [6, 6.07) is 0. The molecule has 13 nitrogen and oxygen atoms in total. The molecule has 0 unspecified atom stereocenters. The molecule has 2 saturated heterocycles. The summed E-state index contributed by atoms with van der Waals surface area (Å²) in [6.45, 7) is 7.24. The van der Waals surface area contributed by atoms with Gasteiger partial charge in [0.2, 0.25) is 18.2 Å². The molecule has 0 aromatic heterocycles. The number of carbonyl (C=O) groups excluding carboxylic acids is 5. The summed E-state index contributed by atoms with van der Waals surface area (Å²) in [5.74, 6) is -3.64. The van der Waals surface area contributed by atoms with E-state index in [1.165, 1.54) is 6.92 Å². The van der Waals surface area contributed by atoms with Gasteiger partial charge in [-0.05, 0) is 13.8 Å². The molecule has 0 aliphatic carbocycles. The van der Waals surface area contributed by atoms with Crippen molar-refractivity contribution in [2.45, 2.75) is 84.1 Å². The summed E-state index contributed by atoms with van der Waals surface area (Å²) in [4.78, 5) is 58.7. The van der Waals surface area contributed by atoms with Crippen molar-refractivity contribution in [2.75, 3.05) is 13.2 Å².